The Bertz CT molecular complexity index is 478. The summed E-state index contributed by atoms with van der Waals surface area (Å²) in [5.74, 6) is 1.85. The summed E-state index contributed by atoms with van der Waals surface area (Å²) in [5, 5.41) is 10.1. The summed E-state index contributed by atoms with van der Waals surface area (Å²) >= 11 is 0. The fourth-order valence-electron chi connectivity index (χ4n) is 2.58. The Hall–Kier alpha value is -1.36. The molecule has 21 heavy (non-hydrogen) atoms. The van der Waals surface area contributed by atoms with E-state index in [-0.39, 0.29) is 12.0 Å². The number of carbonyl (C=O) groups excluding carboxylic acids is 1. The standard InChI is InChI=1S/C16H27N3O2/c1-10(2)9-11(3)21-8-7-14(20)17-16-12(4)15(18-19-16)13-5-6-13/h10-11,13H,5-9H2,1-4H3,(H2,17,18,19,20). The molecule has 1 aliphatic carbocycles. The normalized spacial score (nSPS) is 16.2. The fourth-order valence-corrected chi connectivity index (χ4v) is 2.58. The predicted molar refractivity (Wildman–Crippen MR) is 83.4 cm³/mol. The van der Waals surface area contributed by atoms with Crippen LogP contribution in [0.15, 0.2) is 0 Å². The summed E-state index contributed by atoms with van der Waals surface area (Å²) in [5.41, 5.74) is 2.24. The van der Waals surface area contributed by atoms with Crippen molar-refractivity contribution in [2.75, 3.05) is 11.9 Å². The first kappa shape index (κ1) is 16.0. The van der Waals surface area contributed by atoms with Gasteiger partial charge in [0.25, 0.3) is 0 Å². The van der Waals surface area contributed by atoms with Gasteiger partial charge in [-0.1, -0.05) is 13.8 Å². The number of hydrogen-bond acceptors (Lipinski definition) is 3. The topological polar surface area (TPSA) is 67.0 Å². The van der Waals surface area contributed by atoms with Crippen molar-refractivity contribution in [1.82, 2.24) is 10.2 Å². The summed E-state index contributed by atoms with van der Waals surface area (Å²) in [4.78, 5) is 11.9. The van der Waals surface area contributed by atoms with Crippen LogP contribution in [0.4, 0.5) is 5.82 Å². The van der Waals surface area contributed by atoms with Crippen LogP contribution >= 0.6 is 0 Å². The van der Waals surface area contributed by atoms with Gasteiger partial charge in [0.15, 0.2) is 5.82 Å². The van der Waals surface area contributed by atoms with Gasteiger partial charge in [-0.3, -0.25) is 9.89 Å². The molecule has 2 N–H and O–H groups in total. The second-order valence-corrected chi connectivity index (χ2v) is 6.49. The van der Waals surface area contributed by atoms with Crippen molar-refractivity contribution in [3.05, 3.63) is 11.3 Å². The van der Waals surface area contributed by atoms with E-state index in [2.05, 4.69) is 36.3 Å². The molecule has 1 aromatic rings. The van der Waals surface area contributed by atoms with E-state index in [1.807, 2.05) is 6.92 Å². The van der Waals surface area contributed by atoms with Crippen molar-refractivity contribution in [3.63, 3.8) is 0 Å². The first-order valence-corrected chi connectivity index (χ1v) is 7.93. The summed E-state index contributed by atoms with van der Waals surface area (Å²) in [6.07, 6.45) is 4.03. The summed E-state index contributed by atoms with van der Waals surface area (Å²) in [6, 6.07) is 0. The highest BCUT2D eigenvalue weighted by atomic mass is 16.5. The molecule has 1 aromatic heterocycles. The van der Waals surface area contributed by atoms with Crippen molar-refractivity contribution < 1.29 is 9.53 Å². The van der Waals surface area contributed by atoms with E-state index in [1.54, 1.807) is 0 Å². The van der Waals surface area contributed by atoms with Crippen LogP contribution in [-0.2, 0) is 9.53 Å². The second-order valence-electron chi connectivity index (χ2n) is 6.49. The van der Waals surface area contributed by atoms with E-state index in [0.717, 1.165) is 12.0 Å². The third kappa shape index (κ3) is 4.84. The van der Waals surface area contributed by atoms with E-state index in [9.17, 15) is 4.79 Å². The van der Waals surface area contributed by atoms with Gasteiger partial charge in [-0.25, -0.2) is 0 Å². The molecule has 1 atom stereocenters. The molecule has 0 radical (unpaired) electrons. The van der Waals surface area contributed by atoms with Gasteiger partial charge in [-0.15, -0.1) is 0 Å². The molecule has 1 aliphatic rings. The molecule has 1 unspecified atom stereocenters. The monoisotopic (exact) mass is 293 g/mol. The summed E-state index contributed by atoms with van der Waals surface area (Å²) in [6.45, 7) is 8.86. The first-order chi connectivity index (χ1) is 9.97. The molecule has 1 amide bonds. The molecule has 1 heterocycles. The molecule has 0 spiro atoms. The molecule has 0 aliphatic heterocycles. The average Bonchev–Trinajstić information content (AvgIpc) is 3.16. The SMILES string of the molecule is Cc1c(NC(=O)CCOC(C)CC(C)C)n[nH]c1C1CC1. The van der Waals surface area contributed by atoms with Crippen molar-refractivity contribution in [3.8, 4) is 0 Å². The number of nitrogens with zero attached hydrogens (tertiary/aromatic N) is 1. The molecule has 2 rings (SSSR count). The molecule has 118 valence electrons. The number of H-pyrrole nitrogens is 1. The Morgan fingerprint density at radius 3 is 2.76 bits per heavy atom. The van der Waals surface area contributed by atoms with E-state index < -0.39 is 0 Å². The minimum atomic E-state index is -0.0382. The lowest BCUT2D eigenvalue weighted by Crippen LogP contribution is -2.18. The van der Waals surface area contributed by atoms with Crippen LogP contribution in [0, 0.1) is 12.8 Å². The smallest absolute Gasteiger partial charge is 0.227 e. The molecule has 5 heteroatoms. The van der Waals surface area contributed by atoms with Crippen molar-refractivity contribution in [2.45, 2.75) is 65.4 Å². The van der Waals surface area contributed by atoms with Gasteiger partial charge in [-0.2, -0.15) is 5.10 Å². The zero-order valence-electron chi connectivity index (χ0n) is 13.5. The second kappa shape index (κ2) is 7.07. The van der Waals surface area contributed by atoms with Crippen LogP contribution in [0.2, 0.25) is 0 Å². The average molecular weight is 293 g/mol. The summed E-state index contributed by atoms with van der Waals surface area (Å²) < 4.78 is 5.66. The van der Waals surface area contributed by atoms with Gasteiger partial charge in [0, 0.05) is 17.2 Å². The number of aromatic amines is 1. The van der Waals surface area contributed by atoms with Crippen molar-refractivity contribution in [2.24, 2.45) is 5.92 Å². The Kier molecular flexibility index (Phi) is 5.39. The lowest BCUT2D eigenvalue weighted by Gasteiger charge is -2.14. The minimum absolute atomic E-state index is 0.0382. The Morgan fingerprint density at radius 2 is 2.14 bits per heavy atom. The molecule has 1 saturated carbocycles. The van der Waals surface area contributed by atoms with Crippen LogP contribution in [-0.4, -0.2) is 28.8 Å². The molecule has 0 bridgehead atoms. The number of rotatable bonds is 8. The zero-order chi connectivity index (χ0) is 15.4. The van der Waals surface area contributed by atoms with Crippen molar-refractivity contribution >= 4 is 11.7 Å². The van der Waals surface area contributed by atoms with E-state index >= 15 is 0 Å². The maximum absolute atomic E-state index is 11.9. The van der Waals surface area contributed by atoms with Gasteiger partial charge >= 0.3 is 0 Å². The minimum Gasteiger partial charge on any atom is -0.378 e. The Labute approximate surface area is 126 Å². The highest BCUT2D eigenvalue weighted by Crippen LogP contribution is 2.41. The largest absolute Gasteiger partial charge is 0.378 e. The highest BCUT2D eigenvalue weighted by molar-refractivity contribution is 5.90. The maximum Gasteiger partial charge on any atom is 0.227 e. The molecule has 0 saturated heterocycles. The Morgan fingerprint density at radius 1 is 1.43 bits per heavy atom. The van der Waals surface area contributed by atoms with Crippen LogP contribution < -0.4 is 5.32 Å². The third-order valence-electron chi connectivity index (χ3n) is 3.83. The van der Waals surface area contributed by atoms with Crippen LogP contribution in [0.5, 0.6) is 0 Å². The molecule has 0 aromatic carbocycles. The van der Waals surface area contributed by atoms with E-state index in [0.29, 0.717) is 30.7 Å². The Balaban J connectivity index is 1.72. The third-order valence-corrected chi connectivity index (χ3v) is 3.83. The van der Waals surface area contributed by atoms with Crippen LogP contribution in [0.3, 0.4) is 0 Å². The lowest BCUT2D eigenvalue weighted by atomic mass is 10.1. The van der Waals surface area contributed by atoms with Gasteiger partial charge in [0.05, 0.1) is 19.1 Å². The quantitative estimate of drug-likeness (QED) is 0.772. The first-order valence-electron chi connectivity index (χ1n) is 7.93. The molecular weight excluding hydrogens is 266 g/mol. The van der Waals surface area contributed by atoms with Crippen LogP contribution in [0.1, 0.15) is 63.6 Å². The maximum atomic E-state index is 11.9. The lowest BCUT2D eigenvalue weighted by molar-refractivity contribution is -0.117. The van der Waals surface area contributed by atoms with Gasteiger partial charge in [-0.05, 0) is 39.0 Å². The van der Waals surface area contributed by atoms with Crippen LogP contribution in [0.25, 0.3) is 0 Å². The zero-order valence-corrected chi connectivity index (χ0v) is 13.5. The van der Waals surface area contributed by atoms with E-state index in [4.69, 9.17) is 4.74 Å². The van der Waals surface area contributed by atoms with E-state index in [1.165, 1.54) is 18.5 Å². The molecule has 5 nitrogen and oxygen atoms in total. The van der Waals surface area contributed by atoms with Gasteiger partial charge < -0.3 is 10.1 Å². The number of aromatic nitrogens is 2. The molecular formula is C16H27N3O2. The highest BCUT2D eigenvalue weighted by Gasteiger charge is 2.28. The van der Waals surface area contributed by atoms with Gasteiger partial charge in [0.1, 0.15) is 0 Å². The number of anilines is 1. The number of amides is 1. The van der Waals surface area contributed by atoms with Gasteiger partial charge in [0.2, 0.25) is 5.91 Å². The number of hydrogen-bond donors (Lipinski definition) is 2. The molecule has 1 fully saturated rings. The predicted octanol–water partition coefficient (Wildman–Crippen LogP) is 3.38. The van der Waals surface area contributed by atoms with Crippen molar-refractivity contribution in [1.29, 1.82) is 0 Å². The summed E-state index contributed by atoms with van der Waals surface area (Å²) in [7, 11) is 0. The number of carbonyl (C=O) groups is 1. The number of ether oxygens (including phenoxy) is 1. The number of nitrogens with one attached hydrogen (secondary N) is 2. The fraction of sp³-hybridized carbons (Fsp3) is 0.750.